The van der Waals surface area contributed by atoms with E-state index in [9.17, 15) is 9.00 Å². The van der Waals surface area contributed by atoms with Gasteiger partial charge in [-0.15, -0.1) is 0 Å². The number of hydrogen-bond donors (Lipinski definition) is 0. The van der Waals surface area contributed by atoms with Gasteiger partial charge in [0.15, 0.2) is 5.78 Å². The molecule has 0 aliphatic rings. The van der Waals surface area contributed by atoms with Crippen LogP contribution in [-0.4, -0.2) is 15.7 Å². The second kappa shape index (κ2) is 5.84. The Balaban J connectivity index is 1.83. The lowest BCUT2D eigenvalue weighted by atomic mass is 10.1. The summed E-state index contributed by atoms with van der Waals surface area (Å²) < 4.78 is 17.6. The van der Waals surface area contributed by atoms with Crippen LogP contribution in [-0.2, 0) is 10.8 Å². The molecule has 1 aromatic heterocycles. The molecule has 0 N–H and O–H groups in total. The van der Waals surface area contributed by atoms with Crippen molar-refractivity contribution in [2.24, 2.45) is 0 Å². The van der Waals surface area contributed by atoms with Gasteiger partial charge in [-0.1, -0.05) is 29.8 Å². The van der Waals surface area contributed by atoms with E-state index in [1.165, 1.54) is 6.26 Å². The van der Waals surface area contributed by atoms with Crippen LogP contribution < -0.4 is 0 Å². The molecule has 1 unspecified atom stereocenters. The predicted molar refractivity (Wildman–Crippen MR) is 83.3 cm³/mol. The first-order chi connectivity index (χ1) is 10.1. The van der Waals surface area contributed by atoms with Crippen molar-refractivity contribution in [1.29, 1.82) is 0 Å². The fourth-order valence-electron chi connectivity index (χ4n) is 2.06. The zero-order chi connectivity index (χ0) is 14.8. The summed E-state index contributed by atoms with van der Waals surface area (Å²) in [4.78, 5) is 12.9. The number of halogens is 1. The van der Waals surface area contributed by atoms with Gasteiger partial charge in [-0.25, -0.2) is 0 Å². The average molecular weight is 319 g/mol. The Morgan fingerprint density at radius 3 is 2.57 bits per heavy atom. The molecule has 0 aliphatic heterocycles. The molecule has 5 heteroatoms. The number of ketones is 1. The van der Waals surface area contributed by atoms with E-state index in [0.717, 1.165) is 5.39 Å². The Kier molecular flexibility index (Phi) is 3.90. The van der Waals surface area contributed by atoms with Crippen LogP contribution in [0.4, 0.5) is 0 Å². The monoisotopic (exact) mass is 318 g/mol. The molecule has 0 saturated carbocycles. The molecule has 0 amide bonds. The van der Waals surface area contributed by atoms with E-state index in [1.807, 2.05) is 18.2 Å². The van der Waals surface area contributed by atoms with Crippen molar-refractivity contribution < 1.29 is 13.4 Å². The Bertz CT molecular complexity index is 821. The Morgan fingerprint density at radius 2 is 1.81 bits per heavy atom. The fraction of sp³-hybridized carbons (Fsp3) is 0.0625. The van der Waals surface area contributed by atoms with Crippen molar-refractivity contribution in [2.75, 3.05) is 5.75 Å². The van der Waals surface area contributed by atoms with Crippen LogP contribution >= 0.6 is 11.6 Å². The van der Waals surface area contributed by atoms with Crippen LogP contribution in [0.25, 0.3) is 11.0 Å². The largest absolute Gasteiger partial charge is 0.464 e. The smallest absolute Gasteiger partial charge is 0.179 e. The quantitative estimate of drug-likeness (QED) is 0.681. The molecule has 0 fully saturated rings. The topological polar surface area (TPSA) is 47.3 Å². The van der Waals surface area contributed by atoms with Gasteiger partial charge in [0, 0.05) is 15.3 Å². The van der Waals surface area contributed by atoms with E-state index in [4.69, 9.17) is 16.0 Å². The minimum absolute atomic E-state index is 0.0782. The summed E-state index contributed by atoms with van der Waals surface area (Å²) in [5.74, 6) is -0.279. The molecule has 0 radical (unpaired) electrons. The lowest BCUT2D eigenvalue weighted by molar-refractivity contribution is 0.102. The van der Waals surface area contributed by atoms with E-state index >= 15 is 0 Å². The van der Waals surface area contributed by atoms with Gasteiger partial charge in [0.1, 0.15) is 11.8 Å². The van der Waals surface area contributed by atoms with Crippen molar-refractivity contribution in [3.63, 3.8) is 0 Å². The van der Waals surface area contributed by atoms with Crippen LogP contribution in [0.2, 0.25) is 5.02 Å². The average Bonchev–Trinajstić information content (AvgIpc) is 2.92. The highest BCUT2D eigenvalue weighted by Crippen LogP contribution is 2.22. The molecule has 3 rings (SSSR count). The third-order valence-corrected chi connectivity index (χ3v) is 4.69. The van der Waals surface area contributed by atoms with E-state index in [1.54, 1.807) is 30.3 Å². The standard InChI is InChI=1S/C16H11ClO3S/c17-11-5-7-12(8-6-11)21(19)10-15(18)14-9-20-16-4-2-1-3-13(14)16/h1-9H,10H2. The number of furan rings is 1. The third kappa shape index (κ3) is 2.91. The van der Waals surface area contributed by atoms with Crippen LogP contribution in [0.3, 0.4) is 0 Å². The maximum Gasteiger partial charge on any atom is 0.179 e. The summed E-state index contributed by atoms with van der Waals surface area (Å²) in [7, 11) is -1.40. The number of Topliss-reactive ketones (excluding diaryl/α,β-unsaturated/α-hetero) is 1. The van der Waals surface area contributed by atoms with E-state index < -0.39 is 10.8 Å². The Labute approximate surface area is 129 Å². The number of rotatable bonds is 4. The molecule has 2 aromatic carbocycles. The molecular weight excluding hydrogens is 308 g/mol. The maximum atomic E-state index is 12.3. The van der Waals surface area contributed by atoms with Crippen molar-refractivity contribution in [2.45, 2.75) is 4.90 Å². The highest BCUT2D eigenvalue weighted by atomic mass is 35.5. The second-order valence-electron chi connectivity index (χ2n) is 4.51. The zero-order valence-corrected chi connectivity index (χ0v) is 12.5. The Morgan fingerprint density at radius 1 is 1.10 bits per heavy atom. The van der Waals surface area contributed by atoms with E-state index in [0.29, 0.717) is 21.1 Å². The van der Waals surface area contributed by atoms with Crippen LogP contribution in [0.15, 0.2) is 64.1 Å². The molecule has 106 valence electrons. The number of benzene rings is 2. The summed E-state index contributed by atoms with van der Waals surface area (Å²) in [6, 6.07) is 13.9. The zero-order valence-electron chi connectivity index (χ0n) is 10.9. The van der Waals surface area contributed by atoms with Crippen LogP contribution in [0.5, 0.6) is 0 Å². The van der Waals surface area contributed by atoms with E-state index in [-0.39, 0.29) is 11.5 Å². The van der Waals surface area contributed by atoms with Crippen LogP contribution in [0, 0.1) is 0 Å². The van der Waals surface area contributed by atoms with Gasteiger partial charge in [-0.3, -0.25) is 9.00 Å². The van der Waals surface area contributed by atoms with Gasteiger partial charge >= 0.3 is 0 Å². The molecule has 3 aromatic rings. The fourth-order valence-corrected chi connectivity index (χ4v) is 3.19. The number of fused-ring (bicyclic) bond motifs is 1. The second-order valence-corrected chi connectivity index (χ2v) is 6.40. The molecule has 21 heavy (non-hydrogen) atoms. The van der Waals surface area contributed by atoms with Gasteiger partial charge in [0.25, 0.3) is 0 Å². The lowest BCUT2D eigenvalue weighted by Crippen LogP contribution is -2.10. The summed E-state index contributed by atoms with van der Waals surface area (Å²) in [6.45, 7) is 0. The molecule has 0 aliphatic carbocycles. The number of para-hydroxylation sites is 1. The highest BCUT2D eigenvalue weighted by molar-refractivity contribution is 7.85. The molecule has 0 saturated heterocycles. The third-order valence-electron chi connectivity index (χ3n) is 3.12. The lowest BCUT2D eigenvalue weighted by Gasteiger charge is -2.01. The van der Waals surface area contributed by atoms with Gasteiger partial charge in [0.05, 0.1) is 22.1 Å². The van der Waals surface area contributed by atoms with Crippen molar-refractivity contribution in [1.82, 2.24) is 0 Å². The van der Waals surface area contributed by atoms with Gasteiger partial charge in [0.2, 0.25) is 0 Å². The SMILES string of the molecule is O=C(CS(=O)c1ccc(Cl)cc1)c1coc2ccccc12. The number of hydrogen-bond acceptors (Lipinski definition) is 3. The summed E-state index contributed by atoms with van der Waals surface area (Å²) >= 11 is 5.79. The summed E-state index contributed by atoms with van der Waals surface area (Å²) in [6.07, 6.45) is 1.42. The van der Waals surface area contributed by atoms with Crippen molar-refractivity contribution >= 4 is 39.2 Å². The molecular formula is C16H11ClO3S. The maximum absolute atomic E-state index is 12.3. The first-order valence-corrected chi connectivity index (χ1v) is 7.98. The number of carbonyl (C=O) groups is 1. The summed E-state index contributed by atoms with van der Waals surface area (Å²) in [5, 5.41) is 1.32. The molecule has 1 atom stereocenters. The molecule has 0 bridgehead atoms. The van der Waals surface area contributed by atoms with Gasteiger partial charge in [-0.05, 0) is 30.3 Å². The minimum atomic E-state index is -1.40. The van der Waals surface area contributed by atoms with Crippen LogP contribution in [0.1, 0.15) is 10.4 Å². The van der Waals surface area contributed by atoms with Gasteiger partial charge < -0.3 is 4.42 Å². The Hall–Kier alpha value is -1.91. The molecule has 1 heterocycles. The molecule has 3 nitrogen and oxygen atoms in total. The molecule has 0 spiro atoms. The first-order valence-electron chi connectivity index (χ1n) is 6.28. The minimum Gasteiger partial charge on any atom is -0.464 e. The van der Waals surface area contributed by atoms with Crippen molar-refractivity contribution in [3.05, 3.63) is 65.4 Å². The normalized spacial score (nSPS) is 12.4. The highest BCUT2D eigenvalue weighted by Gasteiger charge is 2.17. The van der Waals surface area contributed by atoms with Crippen molar-refractivity contribution in [3.8, 4) is 0 Å². The summed E-state index contributed by atoms with van der Waals surface area (Å²) in [5.41, 5.74) is 1.12. The number of carbonyl (C=O) groups excluding carboxylic acids is 1. The van der Waals surface area contributed by atoms with Gasteiger partial charge in [-0.2, -0.15) is 0 Å². The van der Waals surface area contributed by atoms with E-state index in [2.05, 4.69) is 0 Å². The predicted octanol–water partition coefficient (Wildman–Crippen LogP) is 4.08. The first kappa shape index (κ1) is 14.0.